The molecule has 196 valence electrons. The molecule has 3 aromatic rings. The van der Waals surface area contributed by atoms with E-state index in [1.54, 1.807) is 11.8 Å². The topological polar surface area (TPSA) is 73.5 Å². The highest BCUT2D eigenvalue weighted by molar-refractivity contribution is 8.00. The molecule has 2 bridgehead atoms. The number of thioether (sulfide) groups is 1. The summed E-state index contributed by atoms with van der Waals surface area (Å²) in [6, 6.07) is 16.5. The summed E-state index contributed by atoms with van der Waals surface area (Å²) in [5.41, 5.74) is 4.18. The maximum Gasteiger partial charge on any atom is 0.305 e. The van der Waals surface area contributed by atoms with Crippen molar-refractivity contribution in [1.82, 2.24) is 4.98 Å². The van der Waals surface area contributed by atoms with Crippen molar-refractivity contribution < 1.29 is 9.59 Å². The molecule has 0 unspecified atom stereocenters. The lowest BCUT2D eigenvalue weighted by molar-refractivity contribution is -0.123. The Hall–Kier alpha value is -2.84. The van der Waals surface area contributed by atoms with E-state index in [1.807, 2.05) is 31.2 Å². The molecule has 0 spiro atoms. The largest absolute Gasteiger partial charge is 0.372 e. The van der Waals surface area contributed by atoms with Gasteiger partial charge < -0.3 is 9.88 Å². The van der Waals surface area contributed by atoms with Gasteiger partial charge in [-0.05, 0) is 74.8 Å². The molecule has 3 fully saturated rings. The van der Waals surface area contributed by atoms with E-state index in [2.05, 4.69) is 48.0 Å². The van der Waals surface area contributed by atoms with Gasteiger partial charge in [-0.1, -0.05) is 41.2 Å². The zero-order valence-electron chi connectivity index (χ0n) is 21.7. The van der Waals surface area contributed by atoms with Gasteiger partial charge in [0.2, 0.25) is 11.8 Å². The van der Waals surface area contributed by atoms with Gasteiger partial charge in [-0.3, -0.25) is 19.3 Å². The Morgan fingerprint density at radius 3 is 2.24 bits per heavy atom. The molecule has 38 heavy (non-hydrogen) atoms. The summed E-state index contributed by atoms with van der Waals surface area (Å²) in [5, 5.41) is 1.16. The van der Waals surface area contributed by atoms with Gasteiger partial charge in [0, 0.05) is 34.8 Å². The van der Waals surface area contributed by atoms with Crippen LogP contribution in [0.15, 0.2) is 58.4 Å². The Morgan fingerprint density at radius 2 is 1.58 bits per heavy atom. The number of H-pyrrole nitrogens is 1. The molecule has 0 radical (unpaired) electrons. The van der Waals surface area contributed by atoms with E-state index in [9.17, 15) is 14.4 Å². The molecule has 1 saturated heterocycles. The molecule has 1 N–H and O–H groups in total. The van der Waals surface area contributed by atoms with Crippen molar-refractivity contribution in [3.63, 3.8) is 0 Å². The first kappa shape index (κ1) is 24.2. The molecular weight excluding hydrogens is 514 g/mol. The number of aryl methyl sites for hydroxylation is 1. The number of amides is 2. The molecule has 7 atom stereocenters. The molecule has 4 aliphatic rings. The number of imide groups is 1. The Balaban J connectivity index is 1.28. The van der Waals surface area contributed by atoms with Gasteiger partial charge in [0.15, 0.2) is 0 Å². The van der Waals surface area contributed by atoms with Crippen LogP contribution in [-0.2, 0) is 9.59 Å². The monoisotopic (exact) mass is 545 g/mol. The van der Waals surface area contributed by atoms with Crippen LogP contribution in [0.2, 0.25) is 0 Å². The molecule has 2 aliphatic carbocycles. The van der Waals surface area contributed by atoms with Crippen molar-refractivity contribution in [2.75, 3.05) is 22.9 Å². The smallest absolute Gasteiger partial charge is 0.305 e. The lowest BCUT2D eigenvalue weighted by Crippen LogP contribution is -2.42. The van der Waals surface area contributed by atoms with Gasteiger partial charge >= 0.3 is 4.87 Å². The summed E-state index contributed by atoms with van der Waals surface area (Å²) in [5.74, 6) is -0.0698. The number of fused-ring (bicyclic) bond motifs is 9. The Morgan fingerprint density at radius 1 is 0.921 bits per heavy atom. The Bertz CT molecular complexity index is 1470. The van der Waals surface area contributed by atoms with Gasteiger partial charge in [0.05, 0.1) is 22.5 Å². The van der Waals surface area contributed by atoms with Crippen molar-refractivity contribution in [3.8, 4) is 0 Å². The number of aromatic amines is 1. The predicted molar refractivity (Wildman–Crippen MR) is 152 cm³/mol. The van der Waals surface area contributed by atoms with Crippen LogP contribution in [0.25, 0.3) is 0 Å². The minimum absolute atomic E-state index is 0.0301. The minimum atomic E-state index is -0.273. The average Bonchev–Trinajstić information content (AvgIpc) is 3.65. The van der Waals surface area contributed by atoms with Crippen LogP contribution in [0.3, 0.4) is 0 Å². The molecule has 2 aliphatic heterocycles. The van der Waals surface area contributed by atoms with Gasteiger partial charge in [-0.15, -0.1) is 11.8 Å². The number of hydrogen-bond acceptors (Lipinski definition) is 6. The number of thiazole rings is 1. The zero-order chi connectivity index (χ0) is 26.3. The second kappa shape index (κ2) is 8.85. The fourth-order valence-corrected chi connectivity index (χ4v) is 10.7. The molecule has 2 amide bonds. The van der Waals surface area contributed by atoms with Crippen molar-refractivity contribution in [2.45, 2.75) is 43.4 Å². The summed E-state index contributed by atoms with van der Waals surface area (Å²) < 4.78 is 0. The Kier molecular flexibility index (Phi) is 5.64. The second-order valence-corrected chi connectivity index (χ2v) is 13.3. The average molecular weight is 546 g/mol. The highest BCUT2D eigenvalue weighted by Gasteiger charge is 2.69. The fraction of sp³-hybridized carbons (Fsp3) is 0.433. The number of carbonyl (C=O) groups is 2. The summed E-state index contributed by atoms with van der Waals surface area (Å²) in [6.07, 6.45) is 0.907. The number of aromatic nitrogens is 1. The van der Waals surface area contributed by atoms with Crippen molar-refractivity contribution >= 4 is 46.3 Å². The van der Waals surface area contributed by atoms with E-state index < -0.39 is 0 Å². The first-order valence-corrected chi connectivity index (χ1v) is 15.3. The van der Waals surface area contributed by atoms with Gasteiger partial charge in [-0.25, -0.2) is 0 Å². The molecule has 2 aromatic carbocycles. The highest BCUT2D eigenvalue weighted by Crippen LogP contribution is 2.68. The first-order valence-electron chi connectivity index (χ1n) is 13.6. The van der Waals surface area contributed by atoms with E-state index in [0.717, 1.165) is 35.0 Å². The van der Waals surface area contributed by atoms with Crippen LogP contribution in [-0.4, -0.2) is 35.1 Å². The first-order chi connectivity index (χ1) is 18.4. The van der Waals surface area contributed by atoms with E-state index in [-0.39, 0.29) is 57.4 Å². The van der Waals surface area contributed by atoms with E-state index in [4.69, 9.17) is 0 Å². The number of hydrogen-bond donors (Lipinski definition) is 1. The molecular formula is C30H31N3O3S2. The number of carbonyl (C=O) groups excluding carboxylic acids is 2. The van der Waals surface area contributed by atoms with Crippen molar-refractivity contribution in [1.29, 1.82) is 0 Å². The van der Waals surface area contributed by atoms with Gasteiger partial charge in [0.1, 0.15) is 0 Å². The predicted octanol–water partition coefficient (Wildman–Crippen LogP) is 5.27. The van der Waals surface area contributed by atoms with Crippen LogP contribution in [0.1, 0.15) is 42.2 Å². The van der Waals surface area contributed by atoms with Gasteiger partial charge in [0.25, 0.3) is 0 Å². The van der Waals surface area contributed by atoms with Crippen LogP contribution >= 0.6 is 23.1 Å². The lowest BCUT2D eigenvalue weighted by atomic mass is 9.68. The molecule has 6 nitrogen and oxygen atoms in total. The van der Waals surface area contributed by atoms with Crippen LogP contribution in [0.5, 0.6) is 0 Å². The summed E-state index contributed by atoms with van der Waals surface area (Å²) in [4.78, 5) is 48.1. The molecule has 2 saturated carbocycles. The number of anilines is 2. The third kappa shape index (κ3) is 3.35. The minimum Gasteiger partial charge on any atom is -0.372 e. The Labute approximate surface area is 230 Å². The van der Waals surface area contributed by atoms with E-state index >= 15 is 0 Å². The van der Waals surface area contributed by atoms with Crippen molar-refractivity contribution in [2.24, 2.45) is 29.6 Å². The summed E-state index contributed by atoms with van der Waals surface area (Å²) >= 11 is 3.05. The molecule has 3 heterocycles. The third-order valence-corrected chi connectivity index (χ3v) is 12.0. The number of benzene rings is 2. The zero-order valence-corrected chi connectivity index (χ0v) is 23.4. The normalized spacial score (nSPS) is 30.9. The molecule has 1 aromatic heterocycles. The second-order valence-electron chi connectivity index (χ2n) is 11.1. The summed E-state index contributed by atoms with van der Waals surface area (Å²) in [6.45, 7) is 8.23. The van der Waals surface area contributed by atoms with Gasteiger partial charge in [-0.2, -0.15) is 0 Å². The molecule has 8 heteroatoms. The highest BCUT2D eigenvalue weighted by atomic mass is 32.2. The number of nitrogens with one attached hydrogen (secondary N) is 1. The maximum absolute atomic E-state index is 13.9. The number of rotatable bonds is 5. The van der Waals surface area contributed by atoms with E-state index in [0.29, 0.717) is 5.69 Å². The van der Waals surface area contributed by atoms with Crippen molar-refractivity contribution in [3.05, 3.63) is 74.2 Å². The van der Waals surface area contributed by atoms with Crippen LogP contribution in [0.4, 0.5) is 11.4 Å². The molecule has 7 rings (SSSR count). The van der Waals surface area contributed by atoms with E-state index in [1.165, 1.54) is 27.5 Å². The quantitative estimate of drug-likeness (QED) is 0.443. The standard InChI is InChI=1S/C30H31N3O3S2/c1-4-32(5-2)17-12-8-16(9-13-17)21-22-19-14-20(25(22)37-27-26(21)38-30(36)31-27)24-23(19)28(34)33(29(24)35)18-10-6-15(3)7-11-18/h6-13,19-25H,4-5,14H2,1-3H3,(H,31,36)/t19-,20+,21-,22+,23+,24+,25-/m1/s1. The SMILES string of the molecule is CCN(CC)c1ccc([C@H]2c3sc(=O)[nH]c3S[C@@H]3[C@H]4C[C@@H]([C@@H]5C(=O)N(c6ccc(C)cc6)C(=O)[C@@H]45)[C@@H]23)cc1. The van der Waals surface area contributed by atoms with Crippen LogP contribution < -0.4 is 14.7 Å². The number of nitrogens with zero attached hydrogens (tertiary/aromatic N) is 2. The summed E-state index contributed by atoms with van der Waals surface area (Å²) in [7, 11) is 0. The van der Waals surface area contributed by atoms with Crippen LogP contribution in [0, 0.1) is 36.5 Å². The fourth-order valence-electron chi connectivity index (χ4n) is 7.82. The third-order valence-electron chi connectivity index (χ3n) is 9.40. The lowest BCUT2D eigenvalue weighted by Gasteiger charge is -2.43. The maximum atomic E-state index is 13.9.